The van der Waals surface area contributed by atoms with Crippen molar-refractivity contribution >= 4 is 11.7 Å². The molecule has 2 amide bonds. The van der Waals surface area contributed by atoms with Gasteiger partial charge in [0.2, 0.25) is 0 Å². The minimum atomic E-state index is -0.121. The molecule has 190 valence electrons. The first-order valence-electron chi connectivity index (χ1n) is 12.9. The molecule has 2 N–H and O–H groups in total. The third-order valence-corrected chi connectivity index (χ3v) is 7.43. The van der Waals surface area contributed by atoms with Crippen LogP contribution in [-0.4, -0.2) is 66.4 Å². The Kier molecular flexibility index (Phi) is 7.74. The second kappa shape index (κ2) is 11.5. The molecule has 3 aromatic carbocycles. The minimum absolute atomic E-state index is 0.0588. The third kappa shape index (κ3) is 5.48. The van der Waals surface area contributed by atoms with Gasteiger partial charge in [-0.1, -0.05) is 54.3 Å². The summed E-state index contributed by atoms with van der Waals surface area (Å²) in [7, 11) is 1.60. The average Bonchev–Trinajstić information content (AvgIpc) is 2.92. The fourth-order valence-electron chi connectivity index (χ4n) is 5.52. The maximum atomic E-state index is 13.3. The fourth-order valence-corrected chi connectivity index (χ4v) is 5.52. The van der Waals surface area contributed by atoms with Gasteiger partial charge >= 0.3 is 6.03 Å². The number of nitrogens with zero attached hydrogens (tertiary/aromatic N) is 2. The van der Waals surface area contributed by atoms with Crippen LogP contribution in [-0.2, 0) is 0 Å². The Morgan fingerprint density at radius 3 is 2.35 bits per heavy atom. The molecule has 3 atom stereocenters. The van der Waals surface area contributed by atoms with E-state index in [1.54, 1.807) is 7.11 Å². The molecule has 0 aromatic heterocycles. The number of hydrogen-bond donors (Lipinski definition) is 2. The topological polar surface area (TPSA) is 65.0 Å². The quantitative estimate of drug-likeness (QED) is 0.521. The van der Waals surface area contributed by atoms with Crippen LogP contribution < -0.4 is 10.1 Å². The Morgan fingerprint density at radius 1 is 0.946 bits per heavy atom. The van der Waals surface area contributed by atoms with Gasteiger partial charge in [0.15, 0.2) is 0 Å². The maximum Gasteiger partial charge on any atom is 0.322 e. The van der Waals surface area contributed by atoms with Crippen molar-refractivity contribution < 1.29 is 14.6 Å². The molecule has 0 aliphatic carbocycles. The summed E-state index contributed by atoms with van der Waals surface area (Å²) in [5.74, 6) is 7.24. The van der Waals surface area contributed by atoms with Crippen LogP contribution in [0.4, 0.5) is 10.5 Å². The second-order valence-electron chi connectivity index (χ2n) is 9.60. The van der Waals surface area contributed by atoms with Crippen LogP contribution in [0.2, 0.25) is 0 Å². The van der Waals surface area contributed by atoms with Crippen molar-refractivity contribution in [2.24, 2.45) is 0 Å². The first kappa shape index (κ1) is 24.9. The van der Waals surface area contributed by atoms with Gasteiger partial charge in [0.05, 0.1) is 19.4 Å². The molecule has 3 aromatic rings. The van der Waals surface area contributed by atoms with E-state index in [9.17, 15) is 9.90 Å². The molecule has 0 radical (unpaired) electrons. The van der Waals surface area contributed by atoms with Gasteiger partial charge in [-0.25, -0.2) is 4.79 Å². The van der Waals surface area contributed by atoms with Gasteiger partial charge in [-0.2, -0.15) is 0 Å². The van der Waals surface area contributed by atoms with Crippen molar-refractivity contribution in [2.75, 3.05) is 38.7 Å². The highest BCUT2D eigenvalue weighted by Gasteiger charge is 2.49. The van der Waals surface area contributed by atoms with Crippen molar-refractivity contribution in [3.63, 3.8) is 0 Å². The third-order valence-electron chi connectivity index (χ3n) is 7.43. The van der Waals surface area contributed by atoms with E-state index >= 15 is 0 Å². The van der Waals surface area contributed by atoms with E-state index in [-0.39, 0.29) is 30.6 Å². The highest BCUT2D eigenvalue weighted by Crippen LogP contribution is 2.42. The predicted molar refractivity (Wildman–Crippen MR) is 146 cm³/mol. The molecule has 2 fully saturated rings. The van der Waals surface area contributed by atoms with E-state index in [0.717, 1.165) is 30.5 Å². The van der Waals surface area contributed by atoms with E-state index in [1.807, 2.05) is 59.5 Å². The number of nitrogens with one attached hydrogen (secondary N) is 1. The number of ether oxygens (including phenoxy) is 1. The molecule has 0 spiro atoms. The van der Waals surface area contributed by atoms with Crippen LogP contribution in [0.25, 0.3) is 0 Å². The van der Waals surface area contributed by atoms with Crippen molar-refractivity contribution in [3.05, 3.63) is 95.6 Å². The number of aliphatic hydroxyl groups is 1. The molecule has 6 heteroatoms. The van der Waals surface area contributed by atoms with Crippen LogP contribution in [0.5, 0.6) is 5.75 Å². The molecular formula is C31H33N3O3. The molecule has 5 rings (SSSR count). The zero-order chi connectivity index (χ0) is 25.6. The summed E-state index contributed by atoms with van der Waals surface area (Å²) in [6, 6.07) is 25.9. The summed E-state index contributed by atoms with van der Waals surface area (Å²) < 4.78 is 5.40. The van der Waals surface area contributed by atoms with Crippen LogP contribution in [0.3, 0.4) is 0 Å². The number of rotatable bonds is 4. The van der Waals surface area contributed by atoms with Gasteiger partial charge in [0, 0.05) is 42.2 Å². The Labute approximate surface area is 218 Å². The van der Waals surface area contributed by atoms with E-state index in [2.05, 4.69) is 46.3 Å². The molecule has 2 heterocycles. The van der Waals surface area contributed by atoms with Gasteiger partial charge in [-0.15, -0.1) is 0 Å². The van der Waals surface area contributed by atoms with Crippen LogP contribution in [0.15, 0.2) is 78.9 Å². The summed E-state index contributed by atoms with van der Waals surface area (Å²) in [5, 5.41) is 13.3. The summed E-state index contributed by atoms with van der Waals surface area (Å²) in [6.45, 7) is 2.35. The number of para-hydroxylation sites is 2. The van der Waals surface area contributed by atoms with Gasteiger partial charge in [-0.05, 0) is 61.3 Å². The lowest BCUT2D eigenvalue weighted by atomic mass is 9.74. The van der Waals surface area contributed by atoms with E-state index in [0.29, 0.717) is 24.5 Å². The first-order chi connectivity index (χ1) is 18.2. The number of amides is 2. The number of hydrogen-bond acceptors (Lipinski definition) is 4. The Balaban J connectivity index is 1.32. The van der Waals surface area contributed by atoms with Crippen LogP contribution in [0, 0.1) is 11.8 Å². The van der Waals surface area contributed by atoms with Gasteiger partial charge in [-0.3, -0.25) is 4.90 Å². The molecule has 37 heavy (non-hydrogen) atoms. The van der Waals surface area contributed by atoms with E-state index < -0.39 is 0 Å². The lowest BCUT2D eigenvalue weighted by Gasteiger charge is -2.57. The standard InChI is InChI=1S/C31H33N3O3/c1-37-29-12-6-5-11-26(29)32-31(36)33-19-7-8-20-34-27(21-33)30(28(34)22-35)25-17-15-24(16-18-25)14-13-23-9-3-2-4-10-23/h2-6,9-12,15-18,27-28,30,35H,7-8,19-22H2,1H3,(H,32,36)/t27-,28+,30?/m0/s1. The summed E-state index contributed by atoms with van der Waals surface area (Å²) >= 11 is 0. The number of anilines is 1. The van der Waals surface area contributed by atoms with Crippen LogP contribution >= 0.6 is 0 Å². The van der Waals surface area contributed by atoms with Crippen molar-refractivity contribution in [1.82, 2.24) is 9.80 Å². The monoisotopic (exact) mass is 495 g/mol. The first-order valence-corrected chi connectivity index (χ1v) is 12.9. The minimum Gasteiger partial charge on any atom is -0.495 e. The summed E-state index contributed by atoms with van der Waals surface area (Å²) in [5.41, 5.74) is 3.79. The maximum absolute atomic E-state index is 13.3. The summed E-state index contributed by atoms with van der Waals surface area (Å²) in [4.78, 5) is 17.6. The van der Waals surface area contributed by atoms with Crippen molar-refractivity contribution in [3.8, 4) is 17.6 Å². The molecule has 2 saturated heterocycles. The van der Waals surface area contributed by atoms with Gasteiger partial charge in [0.25, 0.3) is 0 Å². The van der Waals surface area contributed by atoms with Gasteiger partial charge < -0.3 is 20.1 Å². The molecule has 0 saturated carbocycles. The average molecular weight is 496 g/mol. The highest BCUT2D eigenvalue weighted by molar-refractivity contribution is 5.91. The number of fused-ring (bicyclic) bond motifs is 1. The zero-order valence-corrected chi connectivity index (χ0v) is 21.1. The second-order valence-corrected chi connectivity index (χ2v) is 9.60. The predicted octanol–water partition coefficient (Wildman–Crippen LogP) is 4.55. The molecule has 6 nitrogen and oxygen atoms in total. The summed E-state index contributed by atoms with van der Waals surface area (Å²) in [6.07, 6.45) is 1.92. The lowest BCUT2D eigenvalue weighted by molar-refractivity contribution is -0.0585. The van der Waals surface area contributed by atoms with E-state index in [1.165, 1.54) is 5.56 Å². The Hall–Kier alpha value is -3.79. The largest absolute Gasteiger partial charge is 0.495 e. The Morgan fingerprint density at radius 2 is 1.62 bits per heavy atom. The number of urea groups is 1. The SMILES string of the molecule is COc1ccccc1NC(=O)N1CCCCN2[C@H](CO)C(c3ccc(C#Cc4ccccc4)cc3)[C@@H]2C1. The normalized spacial score (nSPS) is 21.4. The van der Waals surface area contributed by atoms with Crippen LogP contribution in [0.1, 0.15) is 35.4 Å². The number of carbonyl (C=O) groups excluding carboxylic acids is 1. The smallest absolute Gasteiger partial charge is 0.322 e. The number of carbonyl (C=O) groups is 1. The molecular weight excluding hydrogens is 462 g/mol. The molecule has 2 aliphatic heterocycles. The Bertz CT molecular complexity index is 1270. The van der Waals surface area contributed by atoms with Crippen molar-refractivity contribution in [2.45, 2.75) is 30.8 Å². The highest BCUT2D eigenvalue weighted by atomic mass is 16.5. The molecule has 1 unspecified atom stereocenters. The number of aliphatic hydroxyl groups excluding tert-OH is 1. The van der Waals surface area contributed by atoms with Crippen molar-refractivity contribution in [1.29, 1.82) is 0 Å². The molecule has 0 bridgehead atoms. The van der Waals surface area contributed by atoms with Gasteiger partial charge in [0.1, 0.15) is 5.75 Å². The zero-order valence-electron chi connectivity index (χ0n) is 21.1. The number of methoxy groups -OCH3 is 1. The fraction of sp³-hybridized carbons (Fsp3) is 0.323. The number of benzene rings is 3. The molecule has 2 aliphatic rings. The van der Waals surface area contributed by atoms with E-state index in [4.69, 9.17) is 4.74 Å². The lowest BCUT2D eigenvalue weighted by Crippen LogP contribution is -2.68.